The quantitative estimate of drug-likeness (QED) is 0.633. The fraction of sp³-hybridized carbons (Fsp3) is 0.176. The second-order valence-corrected chi connectivity index (χ2v) is 6.00. The van der Waals surface area contributed by atoms with Crippen LogP contribution in [0.3, 0.4) is 0 Å². The zero-order valence-corrected chi connectivity index (χ0v) is 14.7. The summed E-state index contributed by atoms with van der Waals surface area (Å²) in [4.78, 5) is 26.0. The van der Waals surface area contributed by atoms with Crippen LogP contribution in [0.4, 0.5) is 5.69 Å². The SMILES string of the molecule is C/C=C/C(=O)Nc1c(C(=O)/C=C/N(C)C)oc2ccc(Br)cc12. The largest absolute Gasteiger partial charge is 0.450 e. The van der Waals surface area contributed by atoms with Crippen molar-refractivity contribution in [2.24, 2.45) is 0 Å². The molecule has 0 atom stereocenters. The minimum atomic E-state index is -0.319. The first-order valence-electron chi connectivity index (χ1n) is 6.97. The molecule has 1 aromatic carbocycles. The number of carbonyl (C=O) groups excluding carboxylic acids is 2. The lowest BCUT2D eigenvalue weighted by molar-refractivity contribution is -0.111. The van der Waals surface area contributed by atoms with Gasteiger partial charge in [-0.3, -0.25) is 9.59 Å². The van der Waals surface area contributed by atoms with Gasteiger partial charge in [-0.1, -0.05) is 22.0 Å². The van der Waals surface area contributed by atoms with Crippen LogP contribution in [0.25, 0.3) is 11.0 Å². The number of rotatable bonds is 5. The molecule has 120 valence electrons. The molecule has 0 aliphatic rings. The molecule has 0 saturated heterocycles. The van der Waals surface area contributed by atoms with Gasteiger partial charge < -0.3 is 14.6 Å². The van der Waals surface area contributed by atoms with E-state index in [0.717, 1.165) is 4.47 Å². The first kappa shape index (κ1) is 17.0. The van der Waals surface area contributed by atoms with Crippen LogP contribution < -0.4 is 5.32 Å². The summed E-state index contributed by atoms with van der Waals surface area (Å²) in [6.45, 7) is 1.75. The predicted molar refractivity (Wildman–Crippen MR) is 94.5 cm³/mol. The predicted octanol–water partition coefficient (Wildman–Crippen LogP) is 3.97. The molecule has 0 saturated carbocycles. The Hall–Kier alpha value is -2.34. The molecule has 2 aromatic rings. The van der Waals surface area contributed by atoms with E-state index in [0.29, 0.717) is 16.7 Å². The van der Waals surface area contributed by atoms with Crippen molar-refractivity contribution in [1.82, 2.24) is 4.90 Å². The van der Waals surface area contributed by atoms with Gasteiger partial charge in [0.25, 0.3) is 0 Å². The third-order valence-electron chi connectivity index (χ3n) is 2.96. The number of benzene rings is 1. The second-order valence-electron chi connectivity index (χ2n) is 5.08. The van der Waals surface area contributed by atoms with E-state index in [9.17, 15) is 9.59 Å². The van der Waals surface area contributed by atoms with E-state index in [4.69, 9.17) is 4.42 Å². The summed E-state index contributed by atoms with van der Waals surface area (Å²) in [7, 11) is 3.63. The molecular formula is C17H17BrN2O3. The van der Waals surface area contributed by atoms with Gasteiger partial charge in [0.2, 0.25) is 11.7 Å². The molecule has 0 fully saturated rings. The van der Waals surface area contributed by atoms with Crippen LogP contribution >= 0.6 is 15.9 Å². The molecule has 0 aliphatic heterocycles. The number of nitrogens with one attached hydrogen (secondary N) is 1. The summed E-state index contributed by atoms with van der Waals surface area (Å²) in [5, 5.41) is 3.39. The van der Waals surface area contributed by atoms with Gasteiger partial charge in [0.15, 0.2) is 5.76 Å². The van der Waals surface area contributed by atoms with Gasteiger partial charge in [-0.05, 0) is 31.2 Å². The molecule has 6 heteroatoms. The summed E-state index contributed by atoms with van der Waals surface area (Å²) in [5.41, 5.74) is 0.906. The second kappa shape index (κ2) is 7.28. The van der Waals surface area contributed by atoms with Crippen LogP contribution in [0, 0.1) is 0 Å². The number of amides is 1. The van der Waals surface area contributed by atoms with Gasteiger partial charge in [-0.2, -0.15) is 0 Å². The summed E-state index contributed by atoms with van der Waals surface area (Å²) in [6, 6.07) is 5.36. The van der Waals surface area contributed by atoms with E-state index in [1.807, 2.05) is 20.2 Å². The fourth-order valence-corrected chi connectivity index (χ4v) is 2.34. The van der Waals surface area contributed by atoms with Gasteiger partial charge in [0.05, 0.1) is 5.69 Å². The molecular weight excluding hydrogens is 360 g/mol. The van der Waals surface area contributed by atoms with Crippen LogP contribution in [-0.4, -0.2) is 30.7 Å². The van der Waals surface area contributed by atoms with Crippen LogP contribution in [0.2, 0.25) is 0 Å². The number of hydrogen-bond donors (Lipinski definition) is 1. The Labute approximate surface area is 142 Å². The molecule has 1 heterocycles. The Morgan fingerprint density at radius 1 is 1.26 bits per heavy atom. The zero-order chi connectivity index (χ0) is 17.0. The maximum absolute atomic E-state index is 12.4. The van der Waals surface area contributed by atoms with E-state index >= 15 is 0 Å². The van der Waals surface area contributed by atoms with Crippen molar-refractivity contribution in [3.63, 3.8) is 0 Å². The number of fused-ring (bicyclic) bond motifs is 1. The zero-order valence-electron chi connectivity index (χ0n) is 13.1. The van der Waals surface area contributed by atoms with Crippen LogP contribution in [0.1, 0.15) is 17.5 Å². The molecule has 0 unspecified atom stereocenters. The molecule has 0 spiro atoms. The minimum absolute atomic E-state index is 0.106. The Bertz CT molecular complexity index is 804. The summed E-state index contributed by atoms with van der Waals surface area (Å²) in [5.74, 6) is -0.531. The third kappa shape index (κ3) is 4.10. The van der Waals surface area contributed by atoms with Crippen LogP contribution in [-0.2, 0) is 4.79 Å². The normalized spacial score (nSPS) is 11.5. The number of furan rings is 1. The van der Waals surface area contributed by atoms with Gasteiger partial charge in [0, 0.05) is 36.2 Å². The highest BCUT2D eigenvalue weighted by atomic mass is 79.9. The smallest absolute Gasteiger partial charge is 0.248 e. The van der Waals surface area contributed by atoms with E-state index in [2.05, 4.69) is 21.2 Å². The average Bonchev–Trinajstić information content (AvgIpc) is 2.83. The van der Waals surface area contributed by atoms with Crippen LogP contribution in [0.5, 0.6) is 0 Å². The Morgan fingerprint density at radius 3 is 2.65 bits per heavy atom. The molecule has 5 nitrogen and oxygen atoms in total. The Balaban J connectivity index is 2.54. The molecule has 0 aliphatic carbocycles. The van der Waals surface area contributed by atoms with Gasteiger partial charge in [-0.25, -0.2) is 0 Å². The topological polar surface area (TPSA) is 62.6 Å². The summed E-state index contributed by atoms with van der Waals surface area (Å²) in [6.07, 6.45) is 6.04. The fourth-order valence-electron chi connectivity index (χ4n) is 1.98. The number of halogens is 1. The molecule has 23 heavy (non-hydrogen) atoms. The summed E-state index contributed by atoms with van der Waals surface area (Å²) >= 11 is 3.39. The lowest BCUT2D eigenvalue weighted by atomic mass is 10.2. The molecule has 0 radical (unpaired) electrons. The van der Waals surface area contributed by atoms with E-state index < -0.39 is 0 Å². The monoisotopic (exact) mass is 376 g/mol. The number of carbonyl (C=O) groups is 2. The van der Waals surface area contributed by atoms with Gasteiger partial charge in [0.1, 0.15) is 5.58 Å². The number of anilines is 1. The van der Waals surface area contributed by atoms with Crippen molar-refractivity contribution in [2.75, 3.05) is 19.4 Å². The first-order valence-corrected chi connectivity index (χ1v) is 7.76. The Morgan fingerprint density at radius 2 is 2.00 bits per heavy atom. The van der Waals surface area contributed by atoms with Crippen molar-refractivity contribution >= 4 is 44.3 Å². The van der Waals surface area contributed by atoms with Gasteiger partial charge >= 0.3 is 0 Å². The standard InChI is InChI=1S/C17H17BrN2O3/c1-4-5-15(22)19-16-12-10-11(18)6-7-14(12)23-17(16)13(21)8-9-20(2)3/h4-10H,1-3H3,(H,19,22)/b5-4+,9-8+. The highest BCUT2D eigenvalue weighted by molar-refractivity contribution is 9.10. The number of hydrogen-bond acceptors (Lipinski definition) is 4. The van der Waals surface area contributed by atoms with E-state index in [1.54, 1.807) is 36.2 Å². The minimum Gasteiger partial charge on any atom is -0.450 e. The summed E-state index contributed by atoms with van der Waals surface area (Å²) < 4.78 is 6.48. The third-order valence-corrected chi connectivity index (χ3v) is 3.46. The van der Waals surface area contributed by atoms with Crippen molar-refractivity contribution in [3.05, 3.63) is 52.9 Å². The van der Waals surface area contributed by atoms with Crippen molar-refractivity contribution in [2.45, 2.75) is 6.92 Å². The maximum Gasteiger partial charge on any atom is 0.248 e. The molecule has 1 amide bonds. The highest BCUT2D eigenvalue weighted by Gasteiger charge is 2.20. The highest BCUT2D eigenvalue weighted by Crippen LogP contribution is 2.33. The van der Waals surface area contributed by atoms with Crippen LogP contribution in [0.15, 0.2) is 51.5 Å². The number of nitrogens with zero attached hydrogens (tertiary/aromatic N) is 1. The molecule has 2 rings (SSSR count). The Kier molecular flexibility index (Phi) is 5.39. The molecule has 0 bridgehead atoms. The maximum atomic E-state index is 12.4. The number of allylic oxidation sites excluding steroid dienone is 2. The lowest BCUT2D eigenvalue weighted by Crippen LogP contribution is -2.10. The van der Waals surface area contributed by atoms with E-state index in [-0.39, 0.29) is 17.5 Å². The molecule has 1 N–H and O–H groups in total. The average molecular weight is 377 g/mol. The molecule has 1 aromatic heterocycles. The lowest BCUT2D eigenvalue weighted by Gasteiger charge is -2.04. The number of ketones is 1. The van der Waals surface area contributed by atoms with Crippen molar-refractivity contribution < 1.29 is 14.0 Å². The first-order chi connectivity index (χ1) is 10.9. The van der Waals surface area contributed by atoms with E-state index in [1.165, 1.54) is 12.2 Å². The van der Waals surface area contributed by atoms with Crippen molar-refractivity contribution in [1.29, 1.82) is 0 Å². The van der Waals surface area contributed by atoms with Crippen molar-refractivity contribution in [3.8, 4) is 0 Å². The van der Waals surface area contributed by atoms with Gasteiger partial charge in [-0.15, -0.1) is 0 Å².